The van der Waals surface area contributed by atoms with E-state index in [-0.39, 0.29) is 6.85 Å². The lowest BCUT2D eigenvalue weighted by Crippen LogP contribution is -2.59. The van der Waals surface area contributed by atoms with E-state index in [0.717, 1.165) is 0 Å². The van der Waals surface area contributed by atoms with Gasteiger partial charge in [-0.25, -0.2) is 0 Å². The molecule has 5 aromatic carbocycles. The van der Waals surface area contributed by atoms with Crippen LogP contribution in [0.25, 0.3) is 39.5 Å². The molecular weight excluding hydrogens is 409 g/mol. The van der Waals surface area contributed by atoms with Crippen LogP contribution in [0.3, 0.4) is 0 Å². The number of hydrogen-bond donors (Lipinski definition) is 0. The Hall–Kier alpha value is -4.30. The van der Waals surface area contributed by atoms with Gasteiger partial charge in [-0.2, -0.15) is 0 Å². The van der Waals surface area contributed by atoms with E-state index < -0.39 is 0 Å². The molecule has 0 unspecified atom stereocenters. The minimum atomic E-state index is 0.177. The van der Waals surface area contributed by atoms with Gasteiger partial charge in [0.1, 0.15) is 0 Å². The smallest absolute Gasteiger partial charge is 0.328 e. The molecule has 158 valence electrons. The molecule has 0 aliphatic carbocycles. The second kappa shape index (κ2) is 7.64. The number of hydrogen-bond acceptors (Lipinski definition) is 1. The first-order valence-electron chi connectivity index (χ1n) is 11.8. The van der Waals surface area contributed by atoms with Crippen molar-refractivity contribution in [2.75, 3.05) is 4.81 Å². The highest BCUT2D eigenvalue weighted by Crippen LogP contribution is 2.39. The molecule has 2 aliphatic rings. The molecule has 2 aliphatic heterocycles. The predicted octanol–water partition coefficient (Wildman–Crippen LogP) is 6.60. The molecule has 0 N–H and O–H groups in total. The van der Waals surface area contributed by atoms with Gasteiger partial charge in [0.25, 0.3) is 0 Å². The summed E-state index contributed by atoms with van der Waals surface area (Å²) >= 11 is 0. The molecule has 0 fully saturated rings. The van der Waals surface area contributed by atoms with Crippen LogP contribution in [0.1, 0.15) is 5.56 Å². The SMILES string of the molecule is C1=CN2B(c3ccc(-c4ccccc4)cc31)c1ccccc1-c1cc(-c3ccccc3)ccc12. The van der Waals surface area contributed by atoms with Gasteiger partial charge in [-0.15, -0.1) is 0 Å². The lowest BCUT2D eigenvalue weighted by molar-refractivity contribution is 1.36. The van der Waals surface area contributed by atoms with E-state index in [0.29, 0.717) is 0 Å². The van der Waals surface area contributed by atoms with Crippen molar-refractivity contribution in [2.45, 2.75) is 0 Å². The quantitative estimate of drug-likeness (QED) is 0.285. The second-order valence-electron chi connectivity index (χ2n) is 9.02. The van der Waals surface area contributed by atoms with Gasteiger partial charge < -0.3 is 4.81 Å². The highest BCUT2D eigenvalue weighted by atomic mass is 15.1. The third kappa shape index (κ3) is 2.96. The molecule has 0 bridgehead atoms. The Morgan fingerprint density at radius 1 is 0.471 bits per heavy atom. The van der Waals surface area contributed by atoms with Crippen LogP contribution < -0.4 is 15.7 Å². The zero-order chi connectivity index (χ0) is 22.5. The first-order chi connectivity index (χ1) is 16.9. The standard InChI is InChI=1S/C32H22BN/c1-3-9-23(10-4-1)25-15-17-30-27(21-25)19-20-34-32-18-16-26(24-11-5-2-6-12-24)22-29(32)28-13-7-8-14-31(28)33(30)34/h1-22H. The first-order valence-corrected chi connectivity index (χ1v) is 11.8. The number of benzene rings is 5. The van der Waals surface area contributed by atoms with Crippen molar-refractivity contribution in [1.82, 2.24) is 0 Å². The van der Waals surface area contributed by atoms with Gasteiger partial charge in [-0.05, 0) is 74.8 Å². The highest BCUT2D eigenvalue weighted by molar-refractivity contribution is 6.91. The molecule has 0 amide bonds. The first kappa shape index (κ1) is 19.2. The molecule has 0 saturated heterocycles. The van der Waals surface area contributed by atoms with Gasteiger partial charge in [-0.1, -0.05) is 103 Å². The fourth-order valence-corrected chi connectivity index (χ4v) is 5.48. The molecule has 0 radical (unpaired) electrons. The van der Waals surface area contributed by atoms with Crippen molar-refractivity contribution in [3.63, 3.8) is 0 Å². The second-order valence-corrected chi connectivity index (χ2v) is 9.02. The molecule has 0 saturated carbocycles. The minimum Gasteiger partial charge on any atom is -0.383 e. The number of nitrogens with zero attached hydrogens (tertiary/aromatic N) is 1. The summed E-state index contributed by atoms with van der Waals surface area (Å²) in [5.41, 5.74) is 12.9. The summed E-state index contributed by atoms with van der Waals surface area (Å²) in [5, 5.41) is 0. The Morgan fingerprint density at radius 2 is 1.12 bits per heavy atom. The minimum absolute atomic E-state index is 0.177. The monoisotopic (exact) mass is 431 g/mol. The van der Waals surface area contributed by atoms with E-state index in [9.17, 15) is 0 Å². The molecule has 2 heteroatoms. The Morgan fingerprint density at radius 3 is 1.88 bits per heavy atom. The average Bonchev–Trinajstić information content (AvgIpc) is 2.93. The van der Waals surface area contributed by atoms with Gasteiger partial charge >= 0.3 is 6.85 Å². The Labute approximate surface area is 200 Å². The predicted molar refractivity (Wildman–Crippen MR) is 146 cm³/mol. The van der Waals surface area contributed by atoms with Crippen molar-refractivity contribution < 1.29 is 0 Å². The van der Waals surface area contributed by atoms with E-state index >= 15 is 0 Å². The summed E-state index contributed by atoms with van der Waals surface area (Å²) in [7, 11) is 0. The van der Waals surface area contributed by atoms with Crippen LogP contribution in [0, 0.1) is 0 Å². The summed E-state index contributed by atoms with van der Waals surface area (Å²) in [6, 6.07) is 44.0. The molecule has 0 aromatic heterocycles. The van der Waals surface area contributed by atoms with Crippen molar-refractivity contribution in [1.29, 1.82) is 0 Å². The molecular formula is C32H22BN. The maximum atomic E-state index is 2.44. The van der Waals surface area contributed by atoms with Crippen LogP contribution in [0.2, 0.25) is 0 Å². The largest absolute Gasteiger partial charge is 0.383 e. The van der Waals surface area contributed by atoms with Gasteiger partial charge in [-0.3, -0.25) is 0 Å². The fraction of sp³-hybridized carbons (Fsp3) is 0. The zero-order valence-corrected chi connectivity index (χ0v) is 18.7. The summed E-state index contributed by atoms with van der Waals surface area (Å²) < 4.78 is 0. The molecule has 0 atom stereocenters. The Bertz CT molecular complexity index is 1550. The Balaban J connectivity index is 1.39. The lowest BCUT2D eigenvalue weighted by atomic mass is 9.44. The topological polar surface area (TPSA) is 3.24 Å². The van der Waals surface area contributed by atoms with Crippen LogP contribution in [0.4, 0.5) is 5.69 Å². The van der Waals surface area contributed by atoms with Crippen molar-refractivity contribution in [2.24, 2.45) is 0 Å². The maximum Gasteiger partial charge on any atom is 0.328 e. The lowest BCUT2D eigenvalue weighted by Gasteiger charge is -2.39. The Kier molecular flexibility index (Phi) is 4.31. The summed E-state index contributed by atoms with van der Waals surface area (Å²) in [4.78, 5) is 2.44. The molecule has 0 spiro atoms. The van der Waals surface area contributed by atoms with Crippen LogP contribution in [0.15, 0.2) is 128 Å². The number of fused-ring (bicyclic) bond motifs is 8. The number of rotatable bonds is 2. The van der Waals surface area contributed by atoms with Gasteiger partial charge in [0.05, 0.1) is 0 Å². The van der Waals surface area contributed by atoms with Gasteiger partial charge in [0.15, 0.2) is 0 Å². The van der Waals surface area contributed by atoms with Crippen molar-refractivity contribution in [3.05, 3.63) is 133 Å². The highest BCUT2D eigenvalue weighted by Gasteiger charge is 2.37. The van der Waals surface area contributed by atoms with Crippen LogP contribution in [-0.2, 0) is 0 Å². The van der Waals surface area contributed by atoms with E-state index in [1.807, 2.05) is 0 Å². The van der Waals surface area contributed by atoms with E-state index in [1.165, 1.54) is 55.6 Å². The van der Waals surface area contributed by atoms with Gasteiger partial charge in [0, 0.05) is 11.3 Å². The van der Waals surface area contributed by atoms with Crippen molar-refractivity contribution >= 4 is 29.5 Å². The third-order valence-corrected chi connectivity index (χ3v) is 7.11. The third-order valence-electron chi connectivity index (χ3n) is 7.11. The molecule has 34 heavy (non-hydrogen) atoms. The fourth-order valence-electron chi connectivity index (χ4n) is 5.48. The molecule has 1 nitrogen and oxygen atoms in total. The normalized spacial score (nSPS) is 13.1. The molecule has 7 rings (SSSR count). The van der Waals surface area contributed by atoms with E-state index in [4.69, 9.17) is 0 Å². The van der Waals surface area contributed by atoms with Crippen LogP contribution in [0.5, 0.6) is 0 Å². The molecule has 2 heterocycles. The van der Waals surface area contributed by atoms with Crippen molar-refractivity contribution in [3.8, 4) is 33.4 Å². The summed E-state index contributed by atoms with van der Waals surface area (Å²) in [6.07, 6.45) is 4.53. The van der Waals surface area contributed by atoms with E-state index in [1.54, 1.807) is 0 Å². The van der Waals surface area contributed by atoms with Gasteiger partial charge in [0.2, 0.25) is 0 Å². The summed E-state index contributed by atoms with van der Waals surface area (Å²) in [6.45, 7) is 0.177. The summed E-state index contributed by atoms with van der Waals surface area (Å²) in [5.74, 6) is 0. The number of anilines is 1. The van der Waals surface area contributed by atoms with Crippen LogP contribution >= 0.6 is 0 Å². The van der Waals surface area contributed by atoms with Crippen LogP contribution in [-0.4, -0.2) is 6.85 Å². The average molecular weight is 431 g/mol. The molecule has 5 aromatic rings. The zero-order valence-electron chi connectivity index (χ0n) is 18.7. The van der Waals surface area contributed by atoms with E-state index in [2.05, 4.69) is 138 Å². The maximum absolute atomic E-state index is 2.44.